The van der Waals surface area contributed by atoms with E-state index in [0.717, 1.165) is 17.6 Å². The van der Waals surface area contributed by atoms with Crippen molar-refractivity contribution in [3.63, 3.8) is 0 Å². The topological polar surface area (TPSA) is 24.4 Å². The van der Waals surface area contributed by atoms with Gasteiger partial charge in [0.2, 0.25) is 0 Å². The van der Waals surface area contributed by atoms with Gasteiger partial charge in [-0.15, -0.1) is 0 Å². The van der Waals surface area contributed by atoms with Gasteiger partial charge in [-0.05, 0) is 18.4 Å². The van der Waals surface area contributed by atoms with Crippen LogP contribution in [0.15, 0.2) is 35.3 Å². The maximum Gasteiger partial charge on any atom is 0.157 e. The van der Waals surface area contributed by atoms with Crippen molar-refractivity contribution in [3.05, 3.63) is 35.9 Å². The second-order valence-electron chi connectivity index (χ2n) is 5.16. The Kier molecular flexibility index (Phi) is 5.32. The lowest BCUT2D eigenvalue weighted by atomic mass is 9.99. The van der Waals surface area contributed by atoms with Crippen molar-refractivity contribution in [1.82, 2.24) is 5.32 Å². The van der Waals surface area contributed by atoms with Crippen LogP contribution in [-0.2, 0) is 0 Å². The highest BCUT2D eigenvalue weighted by Gasteiger charge is 2.26. The number of benzene rings is 1. The predicted octanol–water partition coefficient (Wildman–Crippen LogP) is 4.24. The number of thioether (sulfide) groups is 1. The van der Waals surface area contributed by atoms with Crippen LogP contribution in [0.3, 0.4) is 0 Å². The molecule has 0 saturated carbocycles. The second-order valence-corrected chi connectivity index (χ2v) is 6.38. The highest BCUT2D eigenvalue weighted by atomic mass is 32.2. The van der Waals surface area contributed by atoms with Crippen LogP contribution in [-0.4, -0.2) is 17.0 Å². The van der Waals surface area contributed by atoms with E-state index in [1.807, 2.05) is 11.8 Å². The molecule has 1 aliphatic heterocycles. The number of rotatable bonds is 5. The first-order valence-corrected chi connectivity index (χ1v) is 8.15. The van der Waals surface area contributed by atoms with Crippen molar-refractivity contribution >= 4 is 16.9 Å². The van der Waals surface area contributed by atoms with Crippen LogP contribution in [0.1, 0.15) is 45.2 Å². The summed E-state index contributed by atoms with van der Waals surface area (Å²) in [5.74, 6) is 0.792. The molecule has 1 aliphatic rings. The highest BCUT2D eigenvalue weighted by molar-refractivity contribution is 8.14. The summed E-state index contributed by atoms with van der Waals surface area (Å²) < 4.78 is 0. The van der Waals surface area contributed by atoms with E-state index < -0.39 is 0 Å². The summed E-state index contributed by atoms with van der Waals surface area (Å²) in [6.07, 6.45) is 2.51. The van der Waals surface area contributed by atoms with Crippen molar-refractivity contribution < 1.29 is 0 Å². The average Bonchev–Trinajstić information content (AvgIpc) is 2.89. The Morgan fingerprint density at radius 2 is 1.95 bits per heavy atom. The van der Waals surface area contributed by atoms with Crippen LogP contribution in [0.4, 0.5) is 0 Å². The molecule has 0 fully saturated rings. The number of hydrogen-bond donors (Lipinski definition) is 1. The Bertz CT molecular complexity index is 412. The maximum absolute atomic E-state index is 4.67. The number of aliphatic imine (C=N–C) groups is 1. The van der Waals surface area contributed by atoms with E-state index in [0.29, 0.717) is 11.3 Å². The Labute approximate surface area is 121 Å². The van der Waals surface area contributed by atoms with Crippen LogP contribution in [0, 0.1) is 5.92 Å². The molecule has 2 atom stereocenters. The molecule has 0 saturated heterocycles. The molecular formula is C16H24N2S. The van der Waals surface area contributed by atoms with Gasteiger partial charge in [-0.25, -0.2) is 0 Å². The maximum atomic E-state index is 4.67. The average molecular weight is 276 g/mol. The Balaban J connectivity index is 1.88. The van der Waals surface area contributed by atoms with Gasteiger partial charge < -0.3 is 5.32 Å². The summed E-state index contributed by atoms with van der Waals surface area (Å²) in [5.41, 5.74) is 1.32. The van der Waals surface area contributed by atoms with Crippen LogP contribution in [0.5, 0.6) is 0 Å². The van der Waals surface area contributed by atoms with Crippen molar-refractivity contribution in [2.75, 3.05) is 6.54 Å². The van der Waals surface area contributed by atoms with Crippen molar-refractivity contribution in [3.8, 4) is 0 Å². The monoisotopic (exact) mass is 276 g/mol. The SMILES string of the molecule is CCC(CC)C1CN=C(NC(C)c2ccccc2)S1. The van der Waals surface area contributed by atoms with Gasteiger partial charge in [-0.2, -0.15) is 0 Å². The zero-order valence-corrected chi connectivity index (χ0v) is 12.9. The second kappa shape index (κ2) is 6.99. The molecule has 1 heterocycles. The van der Waals surface area contributed by atoms with Gasteiger partial charge >= 0.3 is 0 Å². The highest BCUT2D eigenvalue weighted by Crippen LogP contribution is 2.31. The van der Waals surface area contributed by atoms with E-state index in [2.05, 4.69) is 61.4 Å². The van der Waals surface area contributed by atoms with Crippen molar-refractivity contribution in [1.29, 1.82) is 0 Å². The molecule has 3 heteroatoms. The van der Waals surface area contributed by atoms with Gasteiger partial charge in [0, 0.05) is 5.25 Å². The summed E-state index contributed by atoms with van der Waals surface area (Å²) in [7, 11) is 0. The van der Waals surface area contributed by atoms with Gasteiger partial charge in [-0.1, -0.05) is 68.8 Å². The summed E-state index contributed by atoms with van der Waals surface area (Å²) in [6, 6.07) is 10.9. The summed E-state index contributed by atoms with van der Waals surface area (Å²) in [6.45, 7) is 7.74. The predicted molar refractivity (Wildman–Crippen MR) is 85.7 cm³/mol. The normalized spacial score (nSPS) is 20.4. The van der Waals surface area contributed by atoms with Crippen LogP contribution in [0.2, 0.25) is 0 Å². The minimum Gasteiger partial charge on any atom is -0.358 e. The summed E-state index contributed by atoms with van der Waals surface area (Å²) in [4.78, 5) is 4.67. The van der Waals surface area contributed by atoms with Gasteiger partial charge in [0.1, 0.15) is 0 Å². The zero-order valence-electron chi connectivity index (χ0n) is 12.1. The standard InChI is InChI=1S/C16H24N2S/c1-4-13(5-2)15-11-17-16(19-15)18-12(3)14-9-7-6-8-10-14/h6-10,12-13,15H,4-5,11H2,1-3H3,(H,17,18). The zero-order chi connectivity index (χ0) is 13.7. The quantitative estimate of drug-likeness (QED) is 0.869. The molecule has 19 heavy (non-hydrogen) atoms. The van der Waals surface area contributed by atoms with Gasteiger partial charge in [0.25, 0.3) is 0 Å². The molecule has 0 spiro atoms. The third-order valence-corrected chi connectivity index (χ3v) is 5.20. The van der Waals surface area contributed by atoms with E-state index in [1.165, 1.54) is 18.4 Å². The minimum absolute atomic E-state index is 0.327. The van der Waals surface area contributed by atoms with Crippen molar-refractivity contribution in [2.45, 2.75) is 44.9 Å². The van der Waals surface area contributed by atoms with E-state index in [-0.39, 0.29) is 0 Å². The Hall–Kier alpha value is -0.960. The molecule has 2 nitrogen and oxygen atoms in total. The smallest absolute Gasteiger partial charge is 0.157 e. The molecule has 1 N–H and O–H groups in total. The number of amidine groups is 1. The third-order valence-electron chi connectivity index (χ3n) is 3.89. The lowest BCUT2D eigenvalue weighted by Gasteiger charge is -2.20. The Morgan fingerprint density at radius 3 is 2.58 bits per heavy atom. The summed E-state index contributed by atoms with van der Waals surface area (Å²) in [5, 5.41) is 5.33. The number of hydrogen-bond acceptors (Lipinski definition) is 3. The fourth-order valence-electron chi connectivity index (χ4n) is 2.54. The first-order valence-electron chi connectivity index (χ1n) is 7.27. The van der Waals surface area contributed by atoms with Gasteiger partial charge in [-0.3, -0.25) is 4.99 Å². The third kappa shape index (κ3) is 3.75. The molecule has 0 aromatic heterocycles. The van der Waals surface area contributed by atoms with Crippen LogP contribution in [0.25, 0.3) is 0 Å². The fourth-order valence-corrected chi connectivity index (χ4v) is 3.95. The Morgan fingerprint density at radius 1 is 1.26 bits per heavy atom. The fraction of sp³-hybridized carbons (Fsp3) is 0.562. The number of nitrogens with one attached hydrogen (secondary N) is 1. The number of nitrogens with zero attached hydrogens (tertiary/aromatic N) is 1. The molecule has 0 bridgehead atoms. The van der Waals surface area contributed by atoms with Crippen LogP contribution < -0.4 is 5.32 Å². The molecule has 1 aromatic rings. The molecule has 2 unspecified atom stereocenters. The van der Waals surface area contributed by atoms with E-state index in [9.17, 15) is 0 Å². The lowest BCUT2D eigenvalue weighted by molar-refractivity contribution is 0.479. The van der Waals surface area contributed by atoms with Gasteiger partial charge in [0.15, 0.2) is 5.17 Å². The molecular weight excluding hydrogens is 252 g/mol. The van der Waals surface area contributed by atoms with Crippen molar-refractivity contribution in [2.24, 2.45) is 10.9 Å². The molecule has 0 amide bonds. The summed E-state index contributed by atoms with van der Waals surface area (Å²) >= 11 is 1.93. The first-order chi connectivity index (χ1) is 9.24. The molecule has 0 aliphatic carbocycles. The minimum atomic E-state index is 0.327. The lowest BCUT2D eigenvalue weighted by Crippen LogP contribution is -2.24. The van der Waals surface area contributed by atoms with E-state index >= 15 is 0 Å². The first kappa shape index (κ1) is 14.4. The largest absolute Gasteiger partial charge is 0.358 e. The molecule has 0 radical (unpaired) electrons. The molecule has 1 aromatic carbocycles. The van der Waals surface area contributed by atoms with E-state index in [4.69, 9.17) is 0 Å². The van der Waals surface area contributed by atoms with E-state index in [1.54, 1.807) is 0 Å². The molecule has 104 valence electrons. The molecule has 2 rings (SSSR count). The van der Waals surface area contributed by atoms with Gasteiger partial charge in [0.05, 0.1) is 12.6 Å². The van der Waals surface area contributed by atoms with Crippen LogP contribution >= 0.6 is 11.8 Å².